The van der Waals surface area contributed by atoms with Crippen LogP contribution >= 0.6 is 0 Å². The number of nitrogens with two attached hydrogens (primary N) is 1. The lowest BCUT2D eigenvalue weighted by molar-refractivity contribution is 0.614. The Kier molecular flexibility index (Phi) is 3.48. The van der Waals surface area contributed by atoms with Gasteiger partial charge < -0.3 is 5.73 Å². The third-order valence-corrected chi connectivity index (χ3v) is 4.07. The van der Waals surface area contributed by atoms with Gasteiger partial charge in [0.1, 0.15) is 5.82 Å². The van der Waals surface area contributed by atoms with Crippen LogP contribution in [0.4, 0.5) is 4.39 Å². The van der Waals surface area contributed by atoms with Gasteiger partial charge in [-0.1, -0.05) is 48.5 Å². The van der Waals surface area contributed by atoms with Crippen LogP contribution in [0, 0.1) is 19.7 Å². The number of hydrogen-bond donors (Lipinski definition) is 1. The predicted molar refractivity (Wildman–Crippen MR) is 85.9 cm³/mol. The molecule has 106 valence electrons. The lowest BCUT2D eigenvalue weighted by Gasteiger charge is -2.17. The van der Waals surface area contributed by atoms with Crippen molar-refractivity contribution in [1.82, 2.24) is 0 Å². The molecule has 0 aromatic heterocycles. The van der Waals surface area contributed by atoms with E-state index in [9.17, 15) is 4.39 Å². The van der Waals surface area contributed by atoms with E-state index in [0.29, 0.717) is 5.56 Å². The van der Waals surface area contributed by atoms with Crippen molar-refractivity contribution < 1.29 is 4.39 Å². The van der Waals surface area contributed by atoms with Gasteiger partial charge in [0.2, 0.25) is 0 Å². The minimum atomic E-state index is -0.328. The van der Waals surface area contributed by atoms with E-state index in [0.717, 1.165) is 16.5 Å². The van der Waals surface area contributed by atoms with E-state index >= 15 is 0 Å². The van der Waals surface area contributed by atoms with Crippen molar-refractivity contribution in [1.29, 1.82) is 0 Å². The molecule has 21 heavy (non-hydrogen) atoms. The molecule has 2 heteroatoms. The molecular weight excluding hydrogens is 261 g/mol. The third kappa shape index (κ3) is 2.43. The van der Waals surface area contributed by atoms with Gasteiger partial charge in [-0.3, -0.25) is 0 Å². The highest BCUT2D eigenvalue weighted by molar-refractivity contribution is 5.89. The molecule has 0 amide bonds. The summed E-state index contributed by atoms with van der Waals surface area (Å²) in [4.78, 5) is 0. The normalized spacial score (nSPS) is 12.6. The molecule has 0 spiro atoms. The molecule has 0 aliphatic carbocycles. The van der Waals surface area contributed by atoms with Crippen molar-refractivity contribution in [3.05, 3.63) is 82.7 Å². The van der Waals surface area contributed by atoms with E-state index in [1.165, 1.54) is 17.0 Å². The molecule has 0 aliphatic rings. The Morgan fingerprint density at radius 2 is 1.52 bits per heavy atom. The molecule has 0 fully saturated rings. The SMILES string of the molecule is Cc1ccc(C(N)c2ccc(C)c3ccccc23)cc1F. The number of halogens is 1. The van der Waals surface area contributed by atoms with Crippen LogP contribution < -0.4 is 5.73 Å². The van der Waals surface area contributed by atoms with Crippen molar-refractivity contribution in [3.8, 4) is 0 Å². The molecular formula is C19H18FN. The first-order chi connectivity index (χ1) is 10.1. The van der Waals surface area contributed by atoms with E-state index in [4.69, 9.17) is 5.73 Å². The van der Waals surface area contributed by atoms with Crippen LogP contribution in [0.15, 0.2) is 54.6 Å². The first kappa shape index (κ1) is 13.8. The summed E-state index contributed by atoms with van der Waals surface area (Å²) in [5.74, 6) is -0.209. The minimum Gasteiger partial charge on any atom is -0.320 e. The first-order valence-corrected chi connectivity index (χ1v) is 7.08. The van der Waals surface area contributed by atoms with E-state index in [2.05, 4.69) is 25.1 Å². The highest BCUT2D eigenvalue weighted by Crippen LogP contribution is 2.29. The van der Waals surface area contributed by atoms with Gasteiger partial charge in [-0.25, -0.2) is 4.39 Å². The molecule has 1 unspecified atom stereocenters. The van der Waals surface area contributed by atoms with Crippen molar-refractivity contribution in [3.63, 3.8) is 0 Å². The van der Waals surface area contributed by atoms with Gasteiger partial charge in [0.15, 0.2) is 0 Å². The van der Waals surface area contributed by atoms with Gasteiger partial charge in [-0.2, -0.15) is 0 Å². The molecule has 0 aliphatic heterocycles. The zero-order valence-corrected chi connectivity index (χ0v) is 12.2. The third-order valence-electron chi connectivity index (χ3n) is 4.07. The lowest BCUT2D eigenvalue weighted by Crippen LogP contribution is -2.13. The average molecular weight is 279 g/mol. The van der Waals surface area contributed by atoms with Crippen molar-refractivity contribution in [2.24, 2.45) is 5.73 Å². The summed E-state index contributed by atoms with van der Waals surface area (Å²) in [7, 11) is 0. The second-order valence-corrected chi connectivity index (χ2v) is 5.50. The van der Waals surface area contributed by atoms with Crippen molar-refractivity contribution in [2.45, 2.75) is 19.9 Å². The molecule has 3 aromatic rings. The van der Waals surface area contributed by atoms with Gasteiger partial charge in [0.05, 0.1) is 6.04 Å². The first-order valence-electron chi connectivity index (χ1n) is 7.08. The molecule has 1 atom stereocenters. The fraction of sp³-hybridized carbons (Fsp3) is 0.158. The molecule has 0 bridgehead atoms. The van der Waals surface area contributed by atoms with Crippen LogP contribution in [0.2, 0.25) is 0 Å². The Balaban J connectivity index is 2.15. The summed E-state index contributed by atoms with van der Waals surface area (Å²) in [6.45, 7) is 3.84. The highest BCUT2D eigenvalue weighted by Gasteiger charge is 2.14. The summed E-state index contributed by atoms with van der Waals surface area (Å²) in [6, 6.07) is 17.2. The quantitative estimate of drug-likeness (QED) is 0.726. The van der Waals surface area contributed by atoms with E-state index in [1.54, 1.807) is 13.0 Å². The van der Waals surface area contributed by atoms with Crippen LogP contribution in [0.3, 0.4) is 0 Å². The lowest BCUT2D eigenvalue weighted by atomic mass is 9.92. The second kappa shape index (κ2) is 5.30. The molecule has 1 nitrogen and oxygen atoms in total. The van der Waals surface area contributed by atoms with Gasteiger partial charge in [0, 0.05) is 0 Å². The minimum absolute atomic E-state index is 0.209. The van der Waals surface area contributed by atoms with E-state index < -0.39 is 0 Å². The van der Waals surface area contributed by atoms with Crippen LogP contribution in [0.25, 0.3) is 10.8 Å². The van der Waals surface area contributed by atoms with Gasteiger partial charge in [-0.05, 0) is 52.9 Å². The fourth-order valence-corrected chi connectivity index (χ4v) is 2.73. The topological polar surface area (TPSA) is 26.0 Å². The molecule has 0 saturated carbocycles. The van der Waals surface area contributed by atoms with Gasteiger partial charge >= 0.3 is 0 Å². The molecule has 0 heterocycles. The summed E-state index contributed by atoms with van der Waals surface area (Å²) in [5.41, 5.74) is 10.1. The van der Waals surface area contributed by atoms with Gasteiger partial charge in [-0.15, -0.1) is 0 Å². The van der Waals surface area contributed by atoms with E-state index in [-0.39, 0.29) is 11.9 Å². The predicted octanol–water partition coefficient (Wildman–Crippen LogP) is 4.64. The molecule has 2 N–H and O–H groups in total. The fourth-order valence-electron chi connectivity index (χ4n) is 2.73. The molecule has 0 saturated heterocycles. The number of aryl methyl sites for hydroxylation is 2. The van der Waals surface area contributed by atoms with E-state index in [1.807, 2.05) is 24.3 Å². The number of fused-ring (bicyclic) bond motifs is 1. The number of benzene rings is 3. The van der Waals surface area contributed by atoms with Crippen LogP contribution in [0.1, 0.15) is 28.3 Å². The smallest absolute Gasteiger partial charge is 0.126 e. The Morgan fingerprint density at radius 3 is 2.24 bits per heavy atom. The Labute approximate surface area is 124 Å². The number of hydrogen-bond acceptors (Lipinski definition) is 1. The summed E-state index contributed by atoms with van der Waals surface area (Å²) < 4.78 is 13.8. The van der Waals surface area contributed by atoms with Crippen molar-refractivity contribution in [2.75, 3.05) is 0 Å². The number of rotatable bonds is 2. The maximum absolute atomic E-state index is 13.8. The molecule has 0 radical (unpaired) electrons. The van der Waals surface area contributed by atoms with Crippen LogP contribution in [-0.2, 0) is 0 Å². The Morgan fingerprint density at radius 1 is 0.857 bits per heavy atom. The zero-order valence-electron chi connectivity index (χ0n) is 12.2. The van der Waals surface area contributed by atoms with Crippen molar-refractivity contribution >= 4 is 10.8 Å². The van der Waals surface area contributed by atoms with Crippen LogP contribution in [-0.4, -0.2) is 0 Å². The Hall–Kier alpha value is -2.19. The summed E-state index contributed by atoms with van der Waals surface area (Å²) in [5, 5.41) is 2.32. The molecule has 3 rings (SSSR count). The zero-order chi connectivity index (χ0) is 15.0. The largest absolute Gasteiger partial charge is 0.320 e. The highest BCUT2D eigenvalue weighted by atomic mass is 19.1. The average Bonchev–Trinajstić information content (AvgIpc) is 2.50. The summed E-state index contributed by atoms with van der Waals surface area (Å²) >= 11 is 0. The monoisotopic (exact) mass is 279 g/mol. The maximum Gasteiger partial charge on any atom is 0.126 e. The standard InChI is InChI=1S/C19H18FN/c1-12-8-10-17(16-6-4-3-5-15(12)16)19(21)14-9-7-13(2)18(20)11-14/h3-11,19H,21H2,1-2H3. The van der Waals surface area contributed by atoms with Crippen LogP contribution in [0.5, 0.6) is 0 Å². The molecule has 3 aromatic carbocycles. The summed E-state index contributed by atoms with van der Waals surface area (Å²) in [6.07, 6.45) is 0. The Bertz CT molecular complexity index is 808. The second-order valence-electron chi connectivity index (χ2n) is 5.50. The van der Waals surface area contributed by atoms with Gasteiger partial charge in [0.25, 0.3) is 0 Å². The maximum atomic E-state index is 13.8.